The van der Waals surface area contributed by atoms with Crippen LogP contribution < -0.4 is 5.73 Å². The summed E-state index contributed by atoms with van der Waals surface area (Å²) in [5, 5.41) is 4.41. The van der Waals surface area contributed by atoms with Crippen molar-refractivity contribution in [3.05, 3.63) is 40.3 Å². The van der Waals surface area contributed by atoms with E-state index in [1.54, 1.807) is 17.8 Å². The Kier molecular flexibility index (Phi) is 3.90. The summed E-state index contributed by atoms with van der Waals surface area (Å²) in [7, 11) is 1.77. The molecular weight excluding hydrogens is 273 g/mol. The average molecular weight is 291 g/mol. The molecule has 2 rings (SSSR count). The lowest BCUT2D eigenvalue weighted by molar-refractivity contribution is 0.628. The monoisotopic (exact) mass is 291 g/mol. The third kappa shape index (κ3) is 2.33. The highest BCUT2D eigenvalue weighted by Crippen LogP contribution is 2.29. The molecule has 0 saturated heterocycles. The quantitative estimate of drug-likeness (QED) is 0.884. The van der Waals surface area contributed by atoms with Crippen molar-refractivity contribution in [3.63, 3.8) is 0 Å². The summed E-state index contributed by atoms with van der Waals surface area (Å²) >= 11 is 5.07. The normalized spacial score (nSPS) is 10.8. The molecule has 5 heteroatoms. The SMILES string of the molecule is CCc1c(-c2cc(C)c(C)cc2F)nn(C)c1C(N)=S. The molecule has 0 bridgehead atoms. The van der Waals surface area contributed by atoms with Gasteiger partial charge in [0, 0.05) is 18.2 Å². The van der Waals surface area contributed by atoms with Crippen molar-refractivity contribution >= 4 is 17.2 Å². The molecule has 0 unspecified atom stereocenters. The fourth-order valence-electron chi connectivity index (χ4n) is 2.39. The van der Waals surface area contributed by atoms with Crippen LogP contribution in [0.3, 0.4) is 0 Å². The molecule has 0 amide bonds. The maximum absolute atomic E-state index is 14.3. The third-order valence-corrected chi connectivity index (χ3v) is 3.76. The molecule has 0 aliphatic rings. The van der Waals surface area contributed by atoms with E-state index in [9.17, 15) is 4.39 Å². The van der Waals surface area contributed by atoms with Crippen LogP contribution >= 0.6 is 12.2 Å². The second-order valence-corrected chi connectivity index (χ2v) is 5.37. The molecular formula is C15H18FN3S. The Labute approximate surface area is 123 Å². The Morgan fingerprint density at radius 2 is 1.95 bits per heavy atom. The van der Waals surface area contributed by atoms with E-state index in [1.165, 1.54) is 0 Å². The van der Waals surface area contributed by atoms with Crippen molar-refractivity contribution in [2.45, 2.75) is 27.2 Å². The molecule has 0 aliphatic carbocycles. The van der Waals surface area contributed by atoms with Crippen molar-refractivity contribution in [2.24, 2.45) is 12.8 Å². The number of hydrogen-bond acceptors (Lipinski definition) is 2. The van der Waals surface area contributed by atoms with E-state index in [1.807, 2.05) is 26.8 Å². The molecule has 1 aromatic heterocycles. The van der Waals surface area contributed by atoms with Gasteiger partial charge in [0.15, 0.2) is 0 Å². The Morgan fingerprint density at radius 3 is 2.50 bits per heavy atom. The zero-order valence-corrected chi connectivity index (χ0v) is 12.9. The minimum Gasteiger partial charge on any atom is -0.388 e. The van der Waals surface area contributed by atoms with Gasteiger partial charge in [-0.2, -0.15) is 5.10 Å². The van der Waals surface area contributed by atoms with E-state index in [4.69, 9.17) is 18.0 Å². The second-order valence-electron chi connectivity index (χ2n) is 4.93. The summed E-state index contributed by atoms with van der Waals surface area (Å²) < 4.78 is 15.9. The predicted molar refractivity (Wildman–Crippen MR) is 83.3 cm³/mol. The molecule has 1 heterocycles. The summed E-state index contributed by atoms with van der Waals surface area (Å²) in [5.41, 5.74) is 10.4. The number of hydrogen-bond donors (Lipinski definition) is 1. The van der Waals surface area contributed by atoms with Crippen LogP contribution in [0.4, 0.5) is 4.39 Å². The molecule has 0 spiro atoms. The van der Waals surface area contributed by atoms with Crippen LogP contribution in [0.5, 0.6) is 0 Å². The average Bonchev–Trinajstić information content (AvgIpc) is 2.70. The summed E-state index contributed by atoms with van der Waals surface area (Å²) in [6.45, 7) is 5.84. The molecule has 2 aromatic rings. The number of rotatable bonds is 3. The van der Waals surface area contributed by atoms with Gasteiger partial charge in [-0.3, -0.25) is 4.68 Å². The number of nitrogens with zero attached hydrogens (tertiary/aromatic N) is 2. The Morgan fingerprint density at radius 1 is 1.35 bits per heavy atom. The fraction of sp³-hybridized carbons (Fsp3) is 0.333. The van der Waals surface area contributed by atoms with Crippen LogP contribution in [0.25, 0.3) is 11.3 Å². The number of aryl methyl sites for hydroxylation is 3. The molecule has 0 atom stereocenters. The molecule has 0 radical (unpaired) electrons. The fourth-order valence-corrected chi connectivity index (χ4v) is 2.65. The Hall–Kier alpha value is -1.75. The topological polar surface area (TPSA) is 43.8 Å². The first-order valence-electron chi connectivity index (χ1n) is 6.49. The summed E-state index contributed by atoms with van der Waals surface area (Å²) in [6, 6.07) is 3.37. The van der Waals surface area contributed by atoms with E-state index < -0.39 is 0 Å². The number of benzene rings is 1. The summed E-state index contributed by atoms with van der Waals surface area (Å²) in [5.74, 6) is -0.268. The van der Waals surface area contributed by atoms with E-state index >= 15 is 0 Å². The smallest absolute Gasteiger partial charge is 0.132 e. The van der Waals surface area contributed by atoms with Gasteiger partial charge in [0.25, 0.3) is 0 Å². The predicted octanol–water partition coefficient (Wildman–Crippen LogP) is 3.04. The zero-order valence-electron chi connectivity index (χ0n) is 12.1. The Bertz CT molecular complexity index is 689. The van der Waals surface area contributed by atoms with E-state index in [0.717, 1.165) is 16.7 Å². The third-order valence-electron chi connectivity index (χ3n) is 3.57. The highest BCUT2D eigenvalue weighted by atomic mass is 32.1. The first-order chi connectivity index (χ1) is 9.36. The lowest BCUT2D eigenvalue weighted by Crippen LogP contribution is -2.16. The maximum atomic E-state index is 14.3. The number of nitrogens with two attached hydrogens (primary N) is 1. The Balaban J connectivity index is 2.74. The minimum absolute atomic E-state index is 0.268. The van der Waals surface area contributed by atoms with Gasteiger partial charge in [-0.25, -0.2) is 4.39 Å². The molecule has 106 valence electrons. The van der Waals surface area contributed by atoms with Gasteiger partial charge in [-0.15, -0.1) is 0 Å². The van der Waals surface area contributed by atoms with Crippen molar-refractivity contribution in [1.29, 1.82) is 0 Å². The van der Waals surface area contributed by atoms with E-state index in [-0.39, 0.29) is 10.8 Å². The second kappa shape index (κ2) is 5.32. The molecule has 2 N–H and O–H groups in total. The van der Waals surface area contributed by atoms with Crippen LogP contribution in [0, 0.1) is 19.7 Å². The lowest BCUT2D eigenvalue weighted by Gasteiger charge is -2.07. The van der Waals surface area contributed by atoms with Crippen molar-refractivity contribution in [3.8, 4) is 11.3 Å². The number of aromatic nitrogens is 2. The lowest BCUT2D eigenvalue weighted by atomic mass is 9.99. The minimum atomic E-state index is -0.268. The molecule has 1 aromatic carbocycles. The summed E-state index contributed by atoms with van der Waals surface area (Å²) in [4.78, 5) is 0.285. The van der Waals surface area contributed by atoms with Gasteiger partial charge in [0.05, 0.1) is 11.4 Å². The standard InChI is InChI=1S/C15H18FN3S/c1-5-10-13(18-19(4)14(10)15(17)20)11-6-8(2)9(3)7-12(11)16/h6-7H,5H2,1-4H3,(H2,17,20). The van der Waals surface area contributed by atoms with E-state index in [0.29, 0.717) is 23.4 Å². The first kappa shape index (κ1) is 14.7. The highest BCUT2D eigenvalue weighted by Gasteiger charge is 2.20. The maximum Gasteiger partial charge on any atom is 0.132 e. The van der Waals surface area contributed by atoms with Crippen molar-refractivity contribution < 1.29 is 4.39 Å². The first-order valence-corrected chi connectivity index (χ1v) is 6.90. The van der Waals surface area contributed by atoms with Crippen molar-refractivity contribution in [1.82, 2.24) is 9.78 Å². The van der Waals surface area contributed by atoms with Crippen LogP contribution in [0.15, 0.2) is 12.1 Å². The molecule has 0 aliphatic heterocycles. The highest BCUT2D eigenvalue weighted by molar-refractivity contribution is 7.80. The van der Waals surface area contributed by atoms with Gasteiger partial charge in [-0.1, -0.05) is 19.1 Å². The molecule has 0 fully saturated rings. The zero-order chi connectivity index (χ0) is 15.0. The van der Waals surface area contributed by atoms with Crippen LogP contribution in [0.2, 0.25) is 0 Å². The number of thiocarbonyl (C=S) groups is 1. The van der Waals surface area contributed by atoms with Gasteiger partial charge < -0.3 is 5.73 Å². The van der Waals surface area contributed by atoms with Crippen molar-refractivity contribution in [2.75, 3.05) is 0 Å². The van der Waals surface area contributed by atoms with Gasteiger partial charge in [0.2, 0.25) is 0 Å². The van der Waals surface area contributed by atoms with E-state index in [2.05, 4.69) is 5.10 Å². The van der Waals surface area contributed by atoms with Gasteiger partial charge in [-0.05, 0) is 43.5 Å². The molecule has 3 nitrogen and oxygen atoms in total. The number of halogens is 1. The molecule has 20 heavy (non-hydrogen) atoms. The van der Waals surface area contributed by atoms with Gasteiger partial charge >= 0.3 is 0 Å². The largest absolute Gasteiger partial charge is 0.388 e. The summed E-state index contributed by atoms with van der Waals surface area (Å²) in [6.07, 6.45) is 0.697. The molecule has 0 saturated carbocycles. The van der Waals surface area contributed by atoms with Gasteiger partial charge in [0.1, 0.15) is 10.8 Å². The van der Waals surface area contributed by atoms with Crippen LogP contribution in [-0.4, -0.2) is 14.8 Å². The van der Waals surface area contributed by atoms with Crippen LogP contribution in [0.1, 0.15) is 29.3 Å². The van der Waals surface area contributed by atoms with Crippen LogP contribution in [-0.2, 0) is 13.5 Å².